The van der Waals surface area contributed by atoms with Gasteiger partial charge in [0.15, 0.2) is 0 Å². The second kappa shape index (κ2) is 5.65. The Morgan fingerprint density at radius 2 is 1.79 bits per heavy atom. The molecule has 0 aromatic heterocycles. The molecule has 1 aromatic rings. The fourth-order valence-corrected chi connectivity index (χ4v) is 2.22. The minimum absolute atomic E-state index is 0.104. The van der Waals surface area contributed by atoms with Crippen LogP contribution in [0.1, 0.15) is 35.2 Å². The Hall–Kier alpha value is -1.49. The Bertz CT molecular complexity index is 463. The van der Waals surface area contributed by atoms with Crippen LogP contribution in [-0.4, -0.2) is 18.5 Å². The topological polar surface area (TPSA) is 52.3 Å². The first-order valence-electron chi connectivity index (χ1n) is 6.10. The van der Waals surface area contributed by atoms with Crippen LogP contribution in [0.3, 0.4) is 0 Å². The van der Waals surface area contributed by atoms with Crippen molar-refractivity contribution in [2.75, 3.05) is 6.61 Å². The normalized spacial score (nSPS) is 13.2. The molecule has 0 amide bonds. The molecular formula is C14H19F2NO2. The first-order chi connectivity index (χ1) is 8.71. The lowest BCUT2D eigenvalue weighted by Crippen LogP contribution is -2.42. The van der Waals surface area contributed by atoms with Gasteiger partial charge in [-0.25, -0.2) is 4.79 Å². The lowest BCUT2D eigenvalue weighted by Gasteiger charge is -2.25. The zero-order valence-corrected chi connectivity index (χ0v) is 11.6. The number of hydrogen-bond donors (Lipinski definition) is 1. The molecule has 1 atom stereocenters. The molecule has 0 saturated carbocycles. The molecule has 106 valence electrons. The molecule has 1 aromatic carbocycles. The summed E-state index contributed by atoms with van der Waals surface area (Å²) >= 11 is 0. The van der Waals surface area contributed by atoms with Gasteiger partial charge in [0, 0.05) is 0 Å². The van der Waals surface area contributed by atoms with Gasteiger partial charge in [-0.3, -0.25) is 0 Å². The molecule has 3 nitrogen and oxygen atoms in total. The maximum Gasteiger partial charge on any atom is 0.379 e. The third-order valence-corrected chi connectivity index (χ3v) is 2.99. The van der Waals surface area contributed by atoms with E-state index in [0.717, 1.165) is 5.56 Å². The SMILES string of the molecule is CCOC(=O)C(F)(F)[C@@H](N)c1c(C)cc(C)cc1C. The zero-order valence-electron chi connectivity index (χ0n) is 11.6. The van der Waals surface area contributed by atoms with Crippen LogP contribution < -0.4 is 5.73 Å². The maximum absolute atomic E-state index is 13.9. The summed E-state index contributed by atoms with van der Waals surface area (Å²) in [5.74, 6) is -5.32. The van der Waals surface area contributed by atoms with Crippen LogP contribution in [0.2, 0.25) is 0 Å². The number of ether oxygens (including phenoxy) is 1. The highest BCUT2D eigenvalue weighted by atomic mass is 19.3. The van der Waals surface area contributed by atoms with Gasteiger partial charge in [0.2, 0.25) is 0 Å². The average molecular weight is 271 g/mol. The fourth-order valence-electron chi connectivity index (χ4n) is 2.22. The van der Waals surface area contributed by atoms with E-state index in [2.05, 4.69) is 4.74 Å². The van der Waals surface area contributed by atoms with Gasteiger partial charge in [-0.2, -0.15) is 8.78 Å². The van der Waals surface area contributed by atoms with Gasteiger partial charge < -0.3 is 10.5 Å². The minimum Gasteiger partial charge on any atom is -0.462 e. The largest absolute Gasteiger partial charge is 0.462 e. The number of carbonyl (C=O) groups excluding carboxylic acids is 1. The number of carbonyl (C=O) groups is 1. The highest BCUT2D eigenvalue weighted by Gasteiger charge is 2.48. The van der Waals surface area contributed by atoms with E-state index < -0.39 is 17.9 Å². The van der Waals surface area contributed by atoms with Crippen molar-refractivity contribution in [2.45, 2.75) is 39.7 Å². The second-order valence-corrected chi connectivity index (χ2v) is 4.63. The summed E-state index contributed by atoms with van der Waals surface area (Å²) in [4.78, 5) is 11.3. The summed E-state index contributed by atoms with van der Waals surface area (Å²) in [6.45, 7) is 6.65. The Labute approximate surface area is 111 Å². The van der Waals surface area contributed by atoms with Crippen LogP contribution in [0.15, 0.2) is 12.1 Å². The van der Waals surface area contributed by atoms with Crippen molar-refractivity contribution in [3.63, 3.8) is 0 Å². The number of aryl methyl sites for hydroxylation is 3. The van der Waals surface area contributed by atoms with Gasteiger partial charge in [-0.15, -0.1) is 0 Å². The predicted molar refractivity (Wildman–Crippen MR) is 69.2 cm³/mol. The van der Waals surface area contributed by atoms with Crippen molar-refractivity contribution in [2.24, 2.45) is 5.73 Å². The zero-order chi connectivity index (χ0) is 14.8. The summed E-state index contributed by atoms with van der Waals surface area (Å²) in [7, 11) is 0. The molecule has 0 saturated heterocycles. The highest BCUT2D eigenvalue weighted by Crippen LogP contribution is 2.34. The fraction of sp³-hybridized carbons (Fsp3) is 0.500. The van der Waals surface area contributed by atoms with Crippen LogP contribution in [0, 0.1) is 20.8 Å². The third kappa shape index (κ3) is 3.10. The van der Waals surface area contributed by atoms with Gasteiger partial charge in [-0.05, 0) is 44.4 Å². The number of halogens is 2. The van der Waals surface area contributed by atoms with Gasteiger partial charge in [0.25, 0.3) is 0 Å². The van der Waals surface area contributed by atoms with Crippen LogP contribution >= 0.6 is 0 Å². The second-order valence-electron chi connectivity index (χ2n) is 4.63. The first kappa shape index (κ1) is 15.6. The van der Waals surface area contributed by atoms with E-state index >= 15 is 0 Å². The molecule has 0 heterocycles. The monoisotopic (exact) mass is 271 g/mol. The van der Waals surface area contributed by atoms with Crippen LogP contribution in [0.4, 0.5) is 8.78 Å². The molecule has 19 heavy (non-hydrogen) atoms. The van der Waals surface area contributed by atoms with E-state index in [1.54, 1.807) is 26.0 Å². The molecule has 0 fully saturated rings. The molecule has 5 heteroatoms. The number of alkyl halides is 2. The van der Waals surface area contributed by atoms with Crippen LogP contribution in [-0.2, 0) is 9.53 Å². The lowest BCUT2D eigenvalue weighted by molar-refractivity contribution is -0.174. The maximum atomic E-state index is 13.9. The summed E-state index contributed by atoms with van der Waals surface area (Å²) < 4.78 is 32.3. The quantitative estimate of drug-likeness (QED) is 0.857. The number of hydrogen-bond acceptors (Lipinski definition) is 3. The van der Waals surface area contributed by atoms with Gasteiger partial charge >= 0.3 is 11.9 Å². The number of benzene rings is 1. The van der Waals surface area contributed by atoms with E-state index in [4.69, 9.17) is 5.73 Å². The molecule has 0 spiro atoms. The highest BCUT2D eigenvalue weighted by molar-refractivity contribution is 5.79. The Kier molecular flexibility index (Phi) is 4.63. The van der Waals surface area contributed by atoms with Crippen molar-refractivity contribution in [1.82, 2.24) is 0 Å². The molecule has 0 bridgehead atoms. The molecule has 0 aliphatic rings. The standard InChI is InChI=1S/C14H19F2NO2/c1-5-19-13(18)14(15,16)12(17)11-9(3)6-8(2)7-10(11)4/h6-7,12H,5,17H2,1-4H3/t12-/m0/s1. The molecule has 2 N–H and O–H groups in total. The summed E-state index contributed by atoms with van der Waals surface area (Å²) in [6.07, 6.45) is 0. The summed E-state index contributed by atoms with van der Waals surface area (Å²) in [5.41, 5.74) is 8.16. The van der Waals surface area contributed by atoms with E-state index in [1.165, 1.54) is 6.92 Å². The molecule has 0 aliphatic carbocycles. The van der Waals surface area contributed by atoms with Crippen molar-refractivity contribution >= 4 is 5.97 Å². The number of nitrogens with two attached hydrogens (primary N) is 1. The third-order valence-electron chi connectivity index (χ3n) is 2.99. The minimum atomic E-state index is -3.74. The predicted octanol–water partition coefficient (Wildman–Crippen LogP) is 2.81. The lowest BCUT2D eigenvalue weighted by atomic mass is 9.91. The van der Waals surface area contributed by atoms with Gasteiger partial charge in [0.1, 0.15) is 6.04 Å². The van der Waals surface area contributed by atoms with E-state index in [0.29, 0.717) is 16.7 Å². The molecule has 0 unspecified atom stereocenters. The molecule has 1 rings (SSSR count). The van der Waals surface area contributed by atoms with Crippen LogP contribution in [0.5, 0.6) is 0 Å². The number of esters is 1. The summed E-state index contributed by atoms with van der Waals surface area (Å²) in [5, 5.41) is 0. The average Bonchev–Trinajstić information content (AvgIpc) is 2.27. The van der Waals surface area contributed by atoms with Crippen LogP contribution in [0.25, 0.3) is 0 Å². The van der Waals surface area contributed by atoms with Gasteiger partial charge in [0.05, 0.1) is 6.61 Å². The Morgan fingerprint density at radius 3 is 2.21 bits per heavy atom. The van der Waals surface area contributed by atoms with Crippen molar-refractivity contribution in [1.29, 1.82) is 0 Å². The Morgan fingerprint density at radius 1 is 1.32 bits per heavy atom. The molecule has 0 radical (unpaired) electrons. The Balaban J connectivity index is 3.19. The summed E-state index contributed by atoms with van der Waals surface area (Å²) in [6, 6.07) is 1.83. The van der Waals surface area contributed by atoms with E-state index in [-0.39, 0.29) is 6.61 Å². The van der Waals surface area contributed by atoms with E-state index in [9.17, 15) is 13.6 Å². The van der Waals surface area contributed by atoms with Crippen molar-refractivity contribution in [3.8, 4) is 0 Å². The first-order valence-corrected chi connectivity index (χ1v) is 6.10. The smallest absolute Gasteiger partial charge is 0.379 e. The molecular weight excluding hydrogens is 252 g/mol. The van der Waals surface area contributed by atoms with Gasteiger partial charge in [-0.1, -0.05) is 17.7 Å². The molecule has 0 aliphatic heterocycles. The van der Waals surface area contributed by atoms with Crippen molar-refractivity contribution < 1.29 is 18.3 Å². The van der Waals surface area contributed by atoms with E-state index in [1.807, 2.05) is 6.92 Å². The number of rotatable bonds is 4. The van der Waals surface area contributed by atoms with Crippen molar-refractivity contribution in [3.05, 3.63) is 34.4 Å².